The number of sulfonamides is 1. The average Bonchev–Trinajstić information content (AvgIpc) is 3.52. The van der Waals surface area contributed by atoms with Gasteiger partial charge >= 0.3 is 5.76 Å². The van der Waals surface area contributed by atoms with E-state index in [1.807, 2.05) is 31.2 Å². The number of halogens is 1. The number of H-pyrrole nitrogens is 1. The summed E-state index contributed by atoms with van der Waals surface area (Å²) in [6.45, 7) is 3.65. The number of nitrogens with zero attached hydrogens (tertiary/aromatic N) is 4. The van der Waals surface area contributed by atoms with Crippen LogP contribution < -0.4 is 10.5 Å². The fraction of sp³-hybridized carbons (Fsp3) is 0.143. The Balaban J connectivity index is 1.57. The number of hydrogen-bond acceptors (Lipinski definition) is 8. The zero-order valence-corrected chi connectivity index (χ0v) is 19.4. The summed E-state index contributed by atoms with van der Waals surface area (Å²) in [5.74, 6) is -1.77. The first kappa shape index (κ1) is 22.0. The molecule has 0 aliphatic heterocycles. The Hall–Kier alpha value is -3.84. The highest BCUT2D eigenvalue weighted by atomic mass is 32.2. The third kappa shape index (κ3) is 3.78. The van der Waals surface area contributed by atoms with Gasteiger partial charge in [-0.25, -0.2) is 22.6 Å². The molecule has 3 aromatic heterocycles. The summed E-state index contributed by atoms with van der Waals surface area (Å²) in [5.41, 5.74) is 3.50. The number of fused-ring (bicyclic) bond motifs is 1. The third-order valence-corrected chi connectivity index (χ3v) is 7.50. The molecule has 13 heteroatoms. The first-order valence-electron chi connectivity index (χ1n) is 9.99. The molecule has 34 heavy (non-hydrogen) atoms. The van der Waals surface area contributed by atoms with Crippen LogP contribution in [0.5, 0.6) is 0 Å². The topological polar surface area (TPSA) is 136 Å². The Labute approximate surface area is 196 Å². The van der Waals surface area contributed by atoms with E-state index in [1.54, 1.807) is 13.1 Å². The molecular weight excluding hydrogens is 483 g/mol. The molecule has 0 saturated heterocycles. The van der Waals surface area contributed by atoms with Gasteiger partial charge in [-0.15, -0.1) is 0 Å². The number of oxazole rings is 1. The van der Waals surface area contributed by atoms with Crippen molar-refractivity contribution in [2.45, 2.75) is 24.8 Å². The molecule has 0 fully saturated rings. The van der Waals surface area contributed by atoms with Crippen LogP contribution in [0.1, 0.15) is 24.2 Å². The van der Waals surface area contributed by atoms with Crippen molar-refractivity contribution in [3.63, 3.8) is 0 Å². The van der Waals surface area contributed by atoms with E-state index < -0.39 is 32.5 Å². The zero-order chi connectivity index (χ0) is 24.0. The second-order valence-corrected chi connectivity index (χ2v) is 9.96. The molecule has 0 amide bonds. The van der Waals surface area contributed by atoms with Crippen LogP contribution in [0.15, 0.2) is 63.0 Å². The molecule has 0 aliphatic carbocycles. The van der Waals surface area contributed by atoms with Crippen LogP contribution in [0.2, 0.25) is 0 Å². The van der Waals surface area contributed by atoms with Crippen molar-refractivity contribution in [1.82, 2.24) is 24.1 Å². The fourth-order valence-electron chi connectivity index (χ4n) is 3.76. The van der Waals surface area contributed by atoms with E-state index in [2.05, 4.69) is 24.3 Å². The molecule has 0 spiro atoms. The third-order valence-electron chi connectivity index (χ3n) is 5.44. The molecule has 1 atom stereocenters. The first-order chi connectivity index (χ1) is 16.2. The summed E-state index contributed by atoms with van der Waals surface area (Å²) < 4.78 is 52.7. The number of hydrogen-bond donors (Lipinski definition) is 2. The zero-order valence-electron chi connectivity index (χ0n) is 17.8. The molecule has 5 rings (SSSR count). The summed E-state index contributed by atoms with van der Waals surface area (Å²) in [6, 6.07) is 8.98. The largest absolute Gasteiger partial charge is 0.420 e. The normalized spacial score (nSPS) is 12.8. The van der Waals surface area contributed by atoms with Gasteiger partial charge in [-0.05, 0) is 31.0 Å². The van der Waals surface area contributed by atoms with Gasteiger partial charge in [-0.3, -0.25) is 14.4 Å². The lowest BCUT2D eigenvalue weighted by Crippen LogP contribution is -2.19. The number of aryl methyl sites for hydroxylation is 1. The molecule has 10 nitrogen and oxygen atoms in total. The maximum absolute atomic E-state index is 15.0. The van der Waals surface area contributed by atoms with E-state index in [0.29, 0.717) is 0 Å². The van der Waals surface area contributed by atoms with Crippen molar-refractivity contribution < 1.29 is 17.2 Å². The van der Waals surface area contributed by atoms with E-state index in [4.69, 9.17) is 4.42 Å². The maximum Gasteiger partial charge on any atom is 0.420 e. The van der Waals surface area contributed by atoms with E-state index in [1.165, 1.54) is 10.9 Å². The van der Waals surface area contributed by atoms with Crippen LogP contribution in [-0.4, -0.2) is 32.5 Å². The van der Waals surface area contributed by atoms with Crippen molar-refractivity contribution in [2.75, 3.05) is 4.72 Å². The lowest BCUT2D eigenvalue weighted by Gasteiger charge is -2.15. The van der Waals surface area contributed by atoms with E-state index >= 15 is 0 Å². The second kappa shape index (κ2) is 8.18. The van der Waals surface area contributed by atoms with Crippen molar-refractivity contribution in [3.05, 3.63) is 76.5 Å². The Morgan fingerprint density at radius 3 is 2.79 bits per heavy atom. The van der Waals surface area contributed by atoms with Gasteiger partial charge in [-0.2, -0.15) is 9.47 Å². The van der Waals surface area contributed by atoms with E-state index in [9.17, 15) is 17.6 Å². The summed E-state index contributed by atoms with van der Waals surface area (Å²) >= 11 is 0.806. The van der Waals surface area contributed by atoms with Gasteiger partial charge in [0.05, 0.1) is 17.3 Å². The predicted molar refractivity (Wildman–Crippen MR) is 124 cm³/mol. The molecule has 2 aromatic carbocycles. The minimum Gasteiger partial charge on any atom is -0.408 e. The van der Waals surface area contributed by atoms with Gasteiger partial charge in [0.2, 0.25) is 5.13 Å². The van der Waals surface area contributed by atoms with Crippen molar-refractivity contribution in [2.24, 2.45) is 0 Å². The Kier molecular flexibility index (Phi) is 5.29. The van der Waals surface area contributed by atoms with Crippen LogP contribution >= 0.6 is 11.5 Å². The number of nitrogens with one attached hydrogen (secondary N) is 2. The van der Waals surface area contributed by atoms with Crippen LogP contribution in [0.3, 0.4) is 0 Å². The minimum atomic E-state index is -4.31. The Morgan fingerprint density at radius 1 is 1.26 bits per heavy atom. The summed E-state index contributed by atoms with van der Waals surface area (Å²) in [7, 11) is -4.31. The highest BCUT2D eigenvalue weighted by molar-refractivity contribution is 7.93. The molecule has 174 valence electrons. The Bertz CT molecular complexity index is 1670. The monoisotopic (exact) mass is 500 g/mol. The molecule has 0 bridgehead atoms. The number of benzene rings is 2. The quantitative estimate of drug-likeness (QED) is 0.363. The van der Waals surface area contributed by atoms with E-state index in [0.717, 1.165) is 46.0 Å². The van der Waals surface area contributed by atoms with Gasteiger partial charge in [0.1, 0.15) is 17.0 Å². The van der Waals surface area contributed by atoms with Crippen LogP contribution in [0.25, 0.3) is 22.2 Å². The molecule has 2 N–H and O–H groups in total. The Morgan fingerprint density at radius 2 is 2.09 bits per heavy atom. The summed E-state index contributed by atoms with van der Waals surface area (Å²) in [6.07, 6.45) is 2.96. The average molecular weight is 501 g/mol. The first-order valence-corrected chi connectivity index (χ1v) is 12.2. The van der Waals surface area contributed by atoms with Crippen LogP contribution in [0, 0.1) is 12.7 Å². The lowest BCUT2D eigenvalue weighted by atomic mass is 10.0. The highest BCUT2D eigenvalue weighted by Gasteiger charge is 2.25. The molecule has 0 saturated carbocycles. The second-order valence-electron chi connectivity index (χ2n) is 7.53. The molecule has 0 unspecified atom stereocenters. The fourth-order valence-corrected chi connectivity index (χ4v) is 5.50. The highest BCUT2D eigenvalue weighted by Crippen LogP contribution is 2.30. The number of rotatable bonds is 6. The van der Waals surface area contributed by atoms with Gasteiger partial charge in [0.25, 0.3) is 10.0 Å². The number of aromatic amines is 1. The van der Waals surface area contributed by atoms with Crippen molar-refractivity contribution >= 4 is 37.8 Å². The molecule has 0 aliphatic rings. The van der Waals surface area contributed by atoms with E-state index in [-0.39, 0.29) is 16.2 Å². The van der Waals surface area contributed by atoms with Crippen LogP contribution in [0.4, 0.5) is 9.52 Å². The molecule has 3 heterocycles. The molecule has 5 aromatic rings. The number of anilines is 1. The molecular formula is C21H17FN6O4S2. The van der Waals surface area contributed by atoms with Gasteiger partial charge in [0, 0.05) is 35.4 Å². The SMILES string of the molecule is Cc1n[nH]cc1-c1cccc([C@@H](C)n2c(=O)oc3cc(S(=O)(=O)Nc4ncns4)c(F)cc32)c1. The van der Waals surface area contributed by atoms with Crippen molar-refractivity contribution in [1.29, 1.82) is 0 Å². The lowest BCUT2D eigenvalue weighted by molar-refractivity contribution is 0.489. The van der Waals surface area contributed by atoms with Gasteiger partial charge in [-0.1, -0.05) is 18.2 Å². The van der Waals surface area contributed by atoms with Crippen LogP contribution in [-0.2, 0) is 10.0 Å². The van der Waals surface area contributed by atoms with Gasteiger partial charge < -0.3 is 4.42 Å². The molecule has 0 radical (unpaired) electrons. The minimum absolute atomic E-state index is 0.0140. The summed E-state index contributed by atoms with van der Waals surface area (Å²) in [4.78, 5) is 15.8. The van der Waals surface area contributed by atoms with Crippen molar-refractivity contribution in [3.8, 4) is 11.1 Å². The number of aromatic nitrogens is 5. The predicted octanol–water partition coefficient (Wildman–Crippen LogP) is 3.69. The standard InChI is InChI=1S/C21H17FN6O4S2/c1-11-15(9-24-26-11)14-5-3-4-13(6-14)12(2)28-17-7-16(22)19(8-18(17)32-21(28)29)34(30,31)27-20-23-10-25-33-20/h3-10,12H,1-2H3,(H,24,26)(H,23,25,27)/t12-/m1/s1. The smallest absolute Gasteiger partial charge is 0.408 e. The van der Waals surface area contributed by atoms with Gasteiger partial charge in [0.15, 0.2) is 5.58 Å². The maximum atomic E-state index is 15.0. The summed E-state index contributed by atoms with van der Waals surface area (Å²) in [5, 5.41) is 6.94.